The van der Waals surface area contributed by atoms with E-state index in [9.17, 15) is 18.4 Å². The van der Waals surface area contributed by atoms with Gasteiger partial charge in [0.05, 0.1) is 17.3 Å². The Morgan fingerprint density at radius 2 is 1.86 bits per heavy atom. The standard InChI is InChI=1S/C26H26F2N6O3/c1-4-12-29-23-18(15-30-25(33-23)32-20-7-5-6-19(27)14-20)9-8-17-13-21(10-11-22(17)28)31-24(35)16(2)34(3)26(36)37/h5-7,10-11,13-16H,4,12H2,1-3H3,(H,31,35)(H,36,37)(H2,29,30,32,33). The average molecular weight is 509 g/mol. The number of carboxylic acid groups (broad SMARTS) is 1. The van der Waals surface area contributed by atoms with E-state index in [1.165, 1.54) is 44.4 Å². The zero-order valence-corrected chi connectivity index (χ0v) is 20.5. The lowest BCUT2D eigenvalue weighted by molar-refractivity contribution is -0.119. The van der Waals surface area contributed by atoms with Crippen molar-refractivity contribution < 1.29 is 23.5 Å². The molecule has 3 rings (SSSR count). The largest absolute Gasteiger partial charge is 0.465 e. The van der Waals surface area contributed by atoms with Crippen molar-refractivity contribution in [2.45, 2.75) is 26.3 Å². The molecule has 0 saturated carbocycles. The minimum atomic E-state index is -1.25. The lowest BCUT2D eigenvalue weighted by atomic mass is 10.1. The summed E-state index contributed by atoms with van der Waals surface area (Å²) in [6, 6.07) is 8.78. The summed E-state index contributed by atoms with van der Waals surface area (Å²) in [6.07, 6.45) is 1.03. The van der Waals surface area contributed by atoms with Crippen LogP contribution in [0.5, 0.6) is 0 Å². The second-order valence-corrected chi connectivity index (χ2v) is 8.02. The number of halogens is 2. The molecular weight excluding hydrogens is 482 g/mol. The topological polar surface area (TPSA) is 119 Å². The molecule has 1 heterocycles. The minimum Gasteiger partial charge on any atom is -0.465 e. The molecule has 1 unspecified atom stereocenters. The fraction of sp³-hybridized carbons (Fsp3) is 0.231. The molecule has 3 aromatic rings. The molecule has 9 nitrogen and oxygen atoms in total. The number of nitrogens with zero attached hydrogens (tertiary/aromatic N) is 3. The Hall–Kier alpha value is -4.72. The van der Waals surface area contributed by atoms with E-state index in [1.54, 1.807) is 12.1 Å². The number of hydrogen-bond acceptors (Lipinski definition) is 6. The first-order valence-corrected chi connectivity index (χ1v) is 11.4. The van der Waals surface area contributed by atoms with Gasteiger partial charge >= 0.3 is 6.09 Å². The maximum Gasteiger partial charge on any atom is 0.407 e. The molecule has 37 heavy (non-hydrogen) atoms. The van der Waals surface area contributed by atoms with E-state index in [-0.39, 0.29) is 17.2 Å². The number of aromatic nitrogens is 2. The summed E-state index contributed by atoms with van der Waals surface area (Å²) in [4.78, 5) is 32.9. The highest BCUT2D eigenvalue weighted by atomic mass is 19.1. The van der Waals surface area contributed by atoms with E-state index in [0.717, 1.165) is 17.4 Å². The molecule has 2 aromatic carbocycles. The first-order chi connectivity index (χ1) is 17.7. The van der Waals surface area contributed by atoms with Crippen molar-refractivity contribution in [2.24, 2.45) is 0 Å². The quantitative estimate of drug-likeness (QED) is 0.327. The predicted molar refractivity (Wildman–Crippen MR) is 137 cm³/mol. The van der Waals surface area contributed by atoms with Crippen molar-refractivity contribution >= 4 is 35.1 Å². The van der Waals surface area contributed by atoms with Crippen LogP contribution >= 0.6 is 0 Å². The summed E-state index contributed by atoms with van der Waals surface area (Å²) in [5.41, 5.74) is 1.16. The molecule has 1 aromatic heterocycles. The van der Waals surface area contributed by atoms with Crippen LogP contribution in [-0.2, 0) is 4.79 Å². The van der Waals surface area contributed by atoms with Crippen molar-refractivity contribution in [1.29, 1.82) is 0 Å². The first kappa shape index (κ1) is 26.9. The van der Waals surface area contributed by atoms with E-state index in [1.807, 2.05) is 6.92 Å². The fourth-order valence-electron chi connectivity index (χ4n) is 3.03. The van der Waals surface area contributed by atoms with Crippen molar-refractivity contribution in [2.75, 3.05) is 29.5 Å². The third-order valence-corrected chi connectivity index (χ3v) is 5.24. The summed E-state index contributed by atoms with van der Waals surface area (Å²) >= 11 is 0. The van der Waals surface area contributed by atoms with Gasteiger partial charge in [0.25, 0.3) is 0 Å². The van der Waals surface area contributed by atoms with Gasteiger partial charge in [-0.25, -0.2) is 18.6 Å². The predicted octanol–water partition coefficient (Wildman–Crippen LogP) is 4.66. The highest BCUT2D eigenvalue weighted by Gasteiger charge is 2.22. The first-order valence-electron chi connectivity index (χ1n) is 11.4. The van der Waals surface area contributed by atoms with Crippen molar-refractivity contribution in [1.82, 2.24) is 14.9 Å². The monoisotopic (exact) mass is 508 g/mol. The van der Waals surface area contributed by atoms with Crippen LogP contribution in [0.1, 0.15) is 31.4 Å². The molecule has 4 N–H and O–H groups in total. The highest BCUT2D eigenvalue weighted by molar-refractivity contribution is 5.96. The molecular formula is C26H26F2N6O3. The van der Waals surface area contributed by atoms with Crippen LogP contribution in [0.2, 0.25) is 0 Å². The number of carbonyl (C=O) groups is 2. The lowest BCUT2D eigenvalue weighted by Crippen LogP contribution is -2.42. The van der Waals surface area contributed by atoms with Gasteiger partial charge in [-0.1, -0.05) is 24.8 Å². The third-order valence-electron chi connectivity index (χ3n) is 5.24. The van der Waals surface area contributed by atoms with E-state index < -0.39 is 29.7 Å². The summed E-state index contributed by atoms with van der Waals surface area (Å²) in [5, 5.41) is 17.7. The molecule has 0 aliphatic rings. The SMILES string of the molecule is CCCNc1nc(Nc2cccc(F)c2)ncc1C#Cc1cc(NC(=O)C(C)N(C)C(=O)O)ccc1F. The van der Waals surface area contributed by atoms with Crippen LogP contribution < -0.4 is 16.0 Å². The van der Waals surface area contributed by atoms with Crippen LogP contribution in [0, 0.1) is 23.5 Å². The number of anilines is 4. The van der Waals surface area contributed by atoms with E-state index in [2.05, 4.69) is 37.8 Å². The number of nitrogens with one attached hydrogen (secondary N) is 3. The number of carbonyl (C=O) groups excluding carboxylic acids is 1. The van der Waals surface area contributed by atoms with Crippen molar-refractivity contribution in [3.05, 3.63) is 71.4 Å². The highest BCUT2D eigenvalue weighted by Crippen LogP contribution is 2.19. The third kappa shape index (κ3) is 7.38. The zero-order valence-electron chi connectivity index (χ0n) is 20.5. The minimum absolute atomic E-state index is 0.0143. The molecule has 0 radical (unpaired) electrons. The number of rotatable bonds is 8. The van der Waals surface area contributed by atoms with Gasteiger partial charge in [0, 0.05) is 25.0 Å². The molecule has 1 atom stereocenters. The number of benzene rings is 2. The Bertz CT molecular complexity index is 1360. The molecule has 0 fully saturated rings. The van der Waals surface area contributed by atoms with Gasteiger partial charge in [-0.2, -0.15) is 4.98 Å². The van der Waals surface area contributed by atoms with Gasteiger partial charge in [0.2, 0.25) is 11.9 Å². The Kier molecular flexibility index (Phi) is 8.94. The average Bonchev–Trinajstić information content (AvgIpc) is 2.87. The Balaban J connectivity index is 1.84. The Morgan fingerprint density at radius 3 is 2.57 bits per heavy atom. The molecule has 0 aliphatic heterocycles. The van der Waals surface area contributed by atoms with Gasteiger partial charge < -0.3 is 21.1 Å². The van der Waals surface area contributed by atoms with Gasteiger partial charge in [0.1, 0.15) is 23.5 Å². The Morgan fingerprint density at radius 1 is 1.11 bits per heavy atom. The molecule has 11 heteroatoms. The van der Waals surface area contributed by atoms with Crippen LogP contribution in [0.25, 0.3) is 0 Å². The van der Waals surface area contributed by atoms with E-state index in [4.69, 9.17) is 5.11 Å². The Labute approximate surface area is 212 Å². The normalized spacial score (nSPS) is 11.1. The van der Waals surface area contributed by atoms with Gasteiger partial charge in [-0.15, -0.1) is 0 Å². The number of hydrogen-bond donors (Lipinski definition) is 4. The molecule has 0 saturated heterocycles. The van der Waals surface area contributed by atoms with Crippen molar-refractivity contribution in [3.63, 3.8) is 0 Å². The molecule has 0 aliphatic carbocycles. The molecule has 0 bridgehead atoms. The number of likely N-dealkylation sites (N-methyl/N-ethyl adjacent to an activating group) is 1. The zero-order chi connectivity index (χ0) is 26.9. The van der Waals surface area contributed by atoms with E-state index >= 15 is 0 Å². The summed E-state index contributed by atoms with van der Waals surface area (Å²) in [6.45, 7) is 4.02. The molecule has 192 valence electrons. The van der Waals surface area contributed by atoms with Crippen molar-refractivity contribution in [3.8, 4) is 11.8 Å². The second-order valence-electron chi connectivity index (χ2n) is 8.02. The number of amides is 2. The molecule has 0 spiro atoms. The van der Waals surface area contributed by atoms with Gasteiger partial charge in [0.15, 0.2) is 0 Å². The smallest absolute Gasteiger partial charge is 0.407 e. The maximum absolute atomic E-state index is 14.5. The second kappa shape index (κ2) is 12.3. The van der Waals surface area contributed by atoms with Gasteiger partial charge in [-0.05, 0) is 49.7 Å². The maximum atomic E-state index is 14.5. The van der Waals surface area contributed by atoms with Crippen LogP contribution in [0.15, 0.2) is 48.7 Å². The van der Waals surface area contributed by atoms with Crippen LogP contribution in [0.3, 0.4) is 0 Å². The fourth-order valence-corrected chi connectivity index (χ4v) is 3.03. The van der Waals surface area contributed by atoms with Crippen LogP contribution in [-0.4, -0.2) is 51.6 Å². The lowest BCUT2D eigenvalue weighted by Gasteiger charge is -2.21. The van der Waals surface area contributed by atoms with E-state index in [0.29, 0.717) is 23.6 Å². The summed E-state index contributed by atoms with van der Waals surface area (Å²) in [5.74, 6) is 4.65. The van der Waals surface area contributed by atoms with Crippen LogP contribution in [0.4, 0.5) is 36.7 Å². The summed E-state index contributed by atoms with van der Waals surface area (Å²) < 4.78 is 27.9. The van der Waals surface area contributed by atoms with Gasteiger partial charge in [-0.3, -0.25) is 9.69 Å². The molecule has 2 amide bonds. The summed E-state index contributed by atoms with van der Waals surface area (Å²) in [7, 11) is 1.28.